The lowest BCUT2D eigenvalue weighted by Crippen LogP contribution is -2.46. The normalized spacial score (nSPS) is 16.8. The molecule has 1 amide bonds. The third-order valence-corrected chi connectivity index (χ3v) is 4.10. The van der Waals surface area contributed by atoms with Crippen molar-refractivity contribution in [3.8, 4) is 12.1 Å². The van der Waals surface area contributed by atoms with E-state index in [0.29, 0.717) is 31.5 Å². The summed E-state index contributed by atoms with van der Waals surface area (Å²) in [5.74, 6) is -0.505. The number of rotatable bonds is 1. The molecule has 1 saturated heterocycles. The molecule has 0 unspecified atom stereocenters. The van der Waals surface area contributed by atoms with Gasteiger partial charge in [0.1, 0.15) is 11.4 Å². The van der Waals surface area contributed by atoms with Gasteiger partial charge >= 0.3 is 6.09 Å². The number of nitrogens with zero attached hydrogens (tertiary/aromatic N) is 3. The molecule has 2 rings (SSSR count). The van der Waals surface area contributed by atoms with Gasteiger partial charge in [-0.1, -0.05) is 6.07 Å². The number of nitriles is 2. The molecule has 1 aliphatic heterocycles. The molecule has 0 atom stereocenters. The van der Waals surface area contributed by atoms with Gasteiger partial charge in [0, 0.05) is 13.1 Å². The highest BCUT2D eigenvalue weighted by atomic mass is 19.1. The molecule has 1 aromatic rings. The van der Waals surface area contributed by atoms with E-state index in [1.54, 1.807) is 25.7 Å². The van der Waals surface area contributed by atoms with Crippen LogP contribution in [-0.2, 0) is 10.2 Å². The lowest BCUT2D eigenvalue weighted by Gasteiger charge is -2.38. The average molecular weight is 329 g/mol. The van der Waals surface area contributed by atoms with Gasteiger partial charge in [-0.2, -0.15) is 10.5 Å². The van der Waals surface area contributed by atoms with Crippen molar-refractivity contribution in [3.63, 3.8) is 0 Å². The number of benzene rings is 1. The maximum Gasteiger partial charge on any atom is 0.410 e. The average Bonchev–Trinajstić information content (AvgIpc) is 2.53. The van der Waals surface area contributed by atoms with Crippen LogP contribution in [0.5, 0.6) is 0 Å². The van der Waals surface area contributed by atoms with E-state index >= 15 is 0 Å². The predicted octanol–water partition coefficient (Wildman–Crippen LogP) is 3.49. The largest absolute Gasteiger partial charge is 0.444 e. The van der Waals surface area contributed by atoms with Gasteiger partial charge in [-0.15, -0.1) is 0 Å². The summed E-state index contributed by atoms with van der Waals surface area (Å²) in [5.41, 5.74) is -0.775. The number of hydrogen-bond acceptors (Lipinski definition) is 4. The first-order chi connectivity index (χ1) is 11.2. The van der Waals surface area contributed by atoms with Crippen molar-refractivity contribution >= 4 is 6.09 Å². The summed E-state index contributed by atoms with van der Waals surface area (Å²) in [4.78, 5) is 13.7. The molecule has 0 spiro atoms. The summed E-state index contributed by atoms with van der Waals surface area (Å²) < 4.78 is 18.7. The second-order valence-electron chi connectivity index (χ2n) is 6.96. The SMILES string of the molecule is CC(C)(C)OC(=O)N1CCC(C#N)(c2ccc(F)cc2C#N)CC1. The zero-order valence-electron chi connectivity index (χ0n) is 14.1. The molecule has 1 aromatic carbocycles. The van der Waals surface area contributed by atoms with Crippen LogP contribution in [0.3, 0.4) is 0 Å². The third-order valence-electron chi connectivity index (χ3n) is 4.10. The summed E-state index contributed by atoms with van der Waals surface area (Å²) in [5, 5.41) is 18.9. The molecule has 0 aliphatic carbocycles. The fourth-order valence-electron chi connectivity index (χ4n) is 2.87. The van der Waals surface area contributed by atoms with Crippen LogP contribution in [0.25, 0.3) is 0 Å². The Kier molecular flexibility index (Phi) is 4.80. The van der Waals surface area contributed by atoms with Crippen molar-refractivity contribution in [1.82, 2.24) is 4.90 Å². The number of carbonyl (C=O) groups excluding carboxylic acids is 1. The molecule has 1 aliphatic rings. The Balaban J connectivity index is 2.20. The minimum Gasteiger partial charge on any atom is -0.444 e. The molecule has 0 saturated carbocycles. The van der Waals surface area contributed by atoms with Crippen molar-refractivity contribution in [2.24, 2.45) is 0 Å². The lowest BCUT2D eigenvalue weighted by atomic mass is 9.72. The molecular formula is C18H20FN3O2. The van der Waals surface area contributed by atoms with Crippen molar-refractivity contribution < 1.29 is 13.9 Å². The first-order valence-corrected chi connectivity index (χ1v) is 7.80. The van der Waals surface area contributed by atoms with E-state index in [4.69, 9.17) is 4.74 Å². The molecular weight excluding hydrogens is 309 g/mol. The molecule has 1 fully saturated rings. The highest BCUT2D eigenvalue weighted by Gasteiger charge is 2.40. The highest BCUT2D eigenvalue weighted by Crippen LogP contribution is 2.37. The Labute approximate surface area is 141 Å². The van der Waals surface area contributed by atoms with Gasteiger partial charge in [-0.25, -0.2) is 9.18 Å². The van der Waals surface area contributed by atoms with Gasteiger partial charge in [0.25, 0.3) is 0 Å². The topological polar surface area (TPSA) is 77.1 Å². The van der Waals surface area contributed by atoms with Crippen molar-refractivity contribution in [1.29, 1.82) is 10.5 Å². The van der Waals surface area contributed by atoms with Crippen LogP contribution in [0.4, 0.5) is 9.18 Å². The fraction of sp³-hybridized carbons (Fsp3) is 0.500. The summed E-state index contributed by atoms with van der Waals surface area (Å²) in [6.07, 6.45) is 0.347. The molecule has 0 aromatic heterocycles. The first-order valence-electron chi connectivity index (χ1n) is 7.80. The van der Waals surface area contributed by atoms with E-state index < -0.39 is 22.9 Å². The lowest BCUT2D eigenvalue weighted by molar-refractivity contribution is 0.0185. The Morgan fingerprint density at radius 1 is 1.29 bits per heavy atom. The third kappa shape index (κ3) is 3.65. The fourth-order valence-corrected chi connectivity index (χ4v) is 2.87. The zero-order chi connectivity index (χ0) is 18.0. The van der Waals surface area contributed by atoms with Crippen LogP contribution in [-0.4, -0.2) is 29.7 Å². The van der Waals surface area contributed by atoms with E-state index in [-0.39, 0.29) is 5.56 Å². The van der Waals surface area contributed by atoms with Crippen LogP contribution >= 0.6 is 0 Å². The van der Waals surface area contributed by atoms with Crippen molar-refractivity contribution in [2.45, 2.75) is 44.6 Å². The monoisotopic (exact) mass is 329 g/mol. The Hall–Kier alpha value is -2.60. The van der Waals surface area contributed by atoms with Crippen LogP contribution in [0, 0.1) is 28.5 Å². The molecule has 6 heteroatoms. The van der Waals surface area contributed by atoms with Gasteiger partial charge in [0.05, 0.1) is 23.1 Å². The molecule has 1 heterocycles. The number of likely N-dealkylation sites (tertiary alicyclic amines) is 1. The number of piperidine rings is 1. The quantitative estimate of drug-likeness (QED) is 0.790. The number of hydrogen-bond donors (Lipinski definition) is 0. The summed E-state index contributed by atoms with van der Waals surface area (Å²) in [6.45, 7) is 6.10. The van der Waals surface area contributed by atoms with Crippen molar-refractivity contribution in [3.05, 3.63) is 35.1 Å². The Morgan fingerprint density at radius 3 is 2.42 bits per heavy atom. The minimum absolute atomic E-state index is 0.169. The van der Waals surface area contributed by atoms with Crippen LogP contribution in [0.2, 0.25) is 0 Å². The van der Waals surface area contributed by atoms with E-state index in [1.165, 1.54) is 12.1 Å². The molecule has 0 radical (unpaired) electrons. The number of amides is 1. The number of halogens is 1. The maximum absolute atomic E-state index is 13.4. The van der Waals surface area contributed by atoms with Gasteiger partial charge in [-0.3, -0.25) is 0 Å². The van der Waals surface area contributed by atoms with Crippen LogP contribution < -0.4 is 0 Å². The van der Waals surface area contributed by atoms with Gasteiger partial charge in [0.2, 0.25) is 0 Å². The second-order valence-corrected chi connectivity index (χ2v) is 6.96. The summed E-state index contributed by atoms with van der Waals surface area (Å²) >= 11 is 0. The number of ether oxygens (including phenoxy) is 1. The smallest absolute Gasteiger partial charge is 0.410 e. The van der Waals surface area contributed by atoms with E-state index in [9.17, 15) is 19.7 Å². The molecule has 24 heavy (non-hydrogen) atoms. The van der Waals surface area contributed by atoms with E-state index in [0.717, 1.165) is 6.07 Å². The van der Waals surface area contributed by atoms with E-state index in [2.05, 4.69) is 6.07 Å². The Morgan fingerprint density at radius 2 is 1.92 bits per heavy atom. The van der Waals surface area contributed by atoms with E-state index in [1.807, 2.05) is 6.07 Å². The standard InChI is InChI=1S/C18H20FN3O2/c1-17(2,3)24-16(23)22-8-6-18(12-21,7-9-22)15-5-4-14(19)10-13(15)11-20/h4-5,10H,6-9H2,1-3H3. The van der Waals surface area contributed by atoms with Crippen LogP contribution in [0.1, 0.15) is 44.7 Å². The Bertz CT molecular complexity index is 717. The van der Waals surface area contributed by atoms with Crippen molar-refractivity contribution in [2.75, 3.05) is 13.1 Å². The molecule has 0 bridgehead atoms. The summed E-state index contributed by atoms with van der Waals surface area (Å²) in [7, 11) is 0. The van der Waals surface area contributed by atoms with Gasteiger partial charge in [0.15, 0.2) is 0 Å². The number of carbonyl (C=O) groups is 1. The van der Waals surface area contributed by atoms with Crippen LogP contribution in [0.15, 0.2) is 18.2 Å². The zero-order valence-corrected chi connectivity index (χ0v) is 14.1. The molecule has 126 valence electrons. The first kappa shape index (κ1) is 17.7. The minimum atomic E-state index is -0.892. The summed E-state index contributed by atoms with van der Waals surface area (Å²) in [6, 6.07) is 8.15. The second kappa shape index (κ2) is 6.49. The molecule has 5 nitrogen and oxygen atoms in total. The van der Waals surface area contributed by atoms with Gasteiger partial charge < -0.3 is 9.64 Å². The maximum atomic E-state index is 13.4. The molecule has 0 N–H and O–H groups in total. The predicted molar refractivity (Wildman–Crippen MR) is 85.4 cm³/mol. The highest BCUT2D eigenvalue weighted by molar-refractivity contribution is 5.68. The van der Waals surface area contributed by atoms with Gasteiger partial charge in [-0.05, 0) is 51.3 Å².